The zero-order chi connectivity index (χ0) is 9.90. The molecule has 0 aromatic carbocycles. The Morgan fingerprint density at radius 2 is 2.38 bits per heavy atom. The molecule has 0 heterocycles. The van der Waals surface area contributed by atoms with Gasteiger partial charge in [-0.15, -0.1) is 0 Å². The van der Waals surface area contributed by atoms with Crippen molar-refractivity contribution in [2.45, 2.75) is 19.8 Å². The number of carbonyl (C=O) groups is 1. The van der Waals surface area contributed by atoms with Crippen LogP contribution in [0.1, 0.15) is 19.8 Å². The fourth-order valence-corrected chi connectivity index (χ4v) is 1.80. The molecular weight excluding hydrogens is 168 g/mol. The molecule has 4 nitrogen and oxygen atoms in total. The van der Waals surface area contributed by atoms with Crippen LogP contribution >= 0.6 is 0 Å². The number of hydrogen-bond acceptors (Lipinski definition) is 3. The number of aliphatic hydroxyl groups excluding tert-OH is 1. The van der Waals surface area contributed by atoms with Crippen LogP contribution < -0.4 is 5.32 Å². The number of hydrogen-bond donors (Lipinski definition) is 2. The molecule has 0 radical (unpaired) electrons. The summed E-state index contributed by atoms with van der Waals surface area (Å²) in [6.07, 6.45) is 1.28. The molecule has 4 heteroatoms. The molecule has 1 aliphatic rings. The van der Waals surface area contributed by atoms with Crippen molar-refractivity contribution >= 4 is 5.91 Å². The molecule has 0 aliphatic heterocycles. The molecular formula is C9H14N2O2. The van der Waals surface area contributed by atoms with Gasteiger partial charge in [-0.25, -0.2) is 0 Å². The fraction of sp³-hybridized carbons (Fsp3) is 0.778. The molecule has 0 aromatic rings. The second-order valence-corrected chi connectivity index (χ2v) is 3.69. The highest BCUT2D eigenvalue weighted by Gasteiger charge is 2.48. The van der Waals surface area contributed by atoms with E-state index >= 15 is 0 Å². The van der Waals surface area contributed by atoms with Crippen LogP contribution in [0.4, 0.5) is 0 Å². The zero-order valence-corrected chi connectivity index (χ0v) is 7.71. The van der Waals surface area contributed by atoms with Gasteiger partial charge >= 0.3 is 0 Å². The summed E-state index contributed by atoms with van der Waals surface area (Å²) in [5.41, 5.74) is -0.811. The van der Waals surface area contributed by atoms with E-state index in [1.54, 1.807) is 0 Å². The molecule has 13 heavy (non-hydrogen) atoms. The maximum Gasteiger partial charge on any atom is 0.240 e. The number of rotatable bonds is 3. The van der Waals surface area contributed by atoms with Crippen molar-refractivity contribution in [2.24, 2.45) is 11.3 Å². The summed E-state index contributed by atoms with van der Waals surface area (Å²) in [5, 5.41) is 19.9. The Labute approximate surface area is 77.6 Å². The number of nitriles is 1. The first-order valence-corrected chi connectivity index (χ1v) is 4.45. The lowest BCUT2D eigenvalue weighted by Gasteiger charge is -2.39. The molecule has 1 fully saturated rings. The van der Waals surface area contributed by atoms with Crippen LogP contribution in [-0.4, -0.2) is 24.2 Å². The van der Waals surface area contributed by atoms with E-state index in [0.717, 1.165) is 0 Å². The van der Waals surface area contributed by atoms with E-state index in [9.17, 15) is 4.79 Å². The average Bonchev–Trinajstić information content (AvgIpc) is 2.08. The largest absolute Gasteiger partial charge is 0.395 e. The average molecular weight is 182 g/mol. The first kappa shape index (κ1) is 10.0. The minimum absolute atomic E-state index is 0.0806. The van der Waals surface area contributed by atoms with E-state index in [0.29, 0.717) is 18.8 Å². The summed E-state index contributed by atoms with van der Waals surface area (Å²) >= 11 is 0. The van der Waals surface area contributed by atoms with Crippen LogP contribution in [0.25, 0.3) is 0 Å². The second-order valence-electron chi connectivity index (χ2n) is 3.69. The number of carbonyl (C=O) groups excluding carboxylic acids is 1. The molecule has 1 saturated carbocycles. The van der Waals surface area contributed by atoms with Crippen molar-refractivity contribution in [3.05, 3.63) is 0 Å². The van der Waals surface area contributed by atoms with Crippen LogP contribution in [0.5, 0.6) is 0 Å². The van der Waals surface area contributed by atoms with Gasteiger partial charge in [-0.3, -0.25) is 4.79 Å². The highest BCUT2D eigenvalue weighted by molar-refractivity contribution is 5.86. The summed E-state index contributed by atoms with van der Waals surface area (Å²) in [5.74, 6) is 0.224. The van der Waals surface area contributed by atoms with E-state index in [-0.39, 0.29) is 19.1 Å². The normalized spacial score (nSPS) is 31.6. The lowest BCUT2D eigenvalue weighted by molar-refractivity contribution is -0.134. The van der Waals surface area contributed by atoms with Gasteiger partial charge in [-0.05, 0) is 18.8 Å². The predicted octanol–water partition coefficient (Wildman–Crippen LogP) is 0.0348. The molecule has 0 aromatic heterocycles. The Balaban J connectivity index is 2.49. The second kappa shape index (κ2) is 3.75. The maximum atomic E-state index is 11.4. The van der Waals surface area contributed by atoms with Gasteiger partial charge in [0.2, 0.25) is 5.91 Å². The molecule has 0 bridgehead atoms. The Hall–Kier alpha value is -1.08. The van der Waals surface area contributed by atoms with Crippen LogP contribution in [0.15, 0.2) is 0 Å². The van der Waals surface area contributed by atoms with Crippen molar-refractivity contribution < 1.29 is 9.90 Å². The van der Waals surface area contributed by atoms with Crippen molar-refractivity contribution in [3.63, 3.8) is 0 Å². The van der Waals surface area contributed by atoms with Gasteiger partial charge in [0.25, 0.3) is 0 Å². The number of amides is 1. The minimum Gasteiger partial charge on any atom is -0.395 e. The van der Waals surface area contributed by atoms with Crippen LogP contribution in [0.2, 0.25) is 0 Å². The smallest absolute Gasteiger partial charge is 0.240 e. The van der Waals surface area contributed by atoms with E-state index in [1.165, 1.54) is 0 Å². The lowest BCUT2D eigenvalue weighted by Crippen LogP contribution is -2.48. The van der Waals surface area contributed by atoms with Crippen LogP contribution in [-0.2, 0) is 4.79 Å². The predicted molar refractivity (Wildman–Crippen MR) is 46.5 cm³/mol. The van der Waals surface area contributed by atoms with Crippen molar-refractivity contribution in [1.29, 1.82) is 5.26 Å². The number of nitrogens with zero attached hydrogens (tertiary/aromatic N) is 1. The maximum absolute atomic E-state index is 11.4. The first-order chi connectivity index (χ1) is 6.14. The highest BCUT2D eigenvalue weighted by Crippen LogP contribution is 2.44. The summed E-state index contributed by atoms with van der Waals surface area (Å²) in [6.45, 7) is 2.17. The van der Waals surface area contributed by atoms with Gasteiger partial charge in [0.1, 0.15) is 5.41 Å². The van der Waals surface area contributed by atoms with Gasteiger partial charge in [0, 0.05) is 6.54 Å². The van der Waals surface area contributed by atoms with Gasteiger partial charge in [-0.2, -0.15) is 5.26 Å². The van der Waals surface area contributed by atoms with E-state index in [4.69, 9.17) is 10.4 Å². The Bertz CT molecular complexity index is 238. The Morgan fingerprint density at radius 1 is 1.77 bits per heavy atom. The number of aliphatic hydroxyl groups is 1. The van der Waals surface area contributed by atoms with E-state index in [1.807, 2.05) is 6.92 Å². The molecule has 1 amide bonds. The first-order valence-electron chi connectivity index (χ1n) is 4.45. The SMILES string of the molecule is CC1CC(C#N)(C(=O)NCCO)C1. The molecule has 2 N–H and O–H groups in total. The fourth-order valence-electron chi connectivity index (χ4n) is 1.80. The van der Waals surface area contributed by atoms with Gasteiger partial charge in [0.05, 0.1) is 12.7 Å². The van der Waals surface area contributed by atoms with E-state index in [2.05, 4.69) is 11.4 Å². The Morgan fingerprint density at radius 3 is 2.77 bits per heavy atom. The van der Waals surface area contributed by atoms with Crippen molar-refractivity contribution in [3.8, 4) is 6.07 Å². The standard InChI is InChI=1S/C9H14N2O2/c1-7-4-9(5-7,6-10)8(13)11-2-3-12/h7,12H,2-5H2,1H3,(H,11,13). The number of nitrogens with one attached hydrogen (secondary N) is 1. The third-order valence-corrected chi connectivity index (χ3v) is 2.44. The molecule has 1 rings (SSSR count). The van der Waals surface area contributed by atoms with Gasteiger partial charge in [-0.1, -0.05) is 6.92 Å². The third-order valence-electron chi connectivity index (χ3n) is 2.44. The summed E-state index contributed by atoms with van der Waals surface area (Å²) < 4.78 is 0. The minimum atomic E-state index is -0.811. The Kier molecular flexibility index (Phi) is 2.89. The van der Waals surface area contributed by atoms with Crippen molar-refractivity contribution in [2.75, 3.05) is 13.2 Å². The molecule has 0 atom stereocenters. The zero-order valence-electron chi connectivity index (χ0n) is 7.71. The summed E-state index contributed by atoms with van der Waals surface area (Å²) in [7, 11) is 0. The molecule has 0 unspecified atom stereocenters. The summed E-state index contributed by atoms with van der Waals surface area (Å²) in [6, 6.07) is 2.06. The third kappa shape index (κ3) is 1.81. The monoisotopic (exact) mass is 182 g/mol. The van der Waals surface area contributed by atoms with Crippen molar-refractivity contribution in [1.82, 2.24) is 5.32 Å². The molecule has 1 aliphatic carbocycles. The topological polar surface area (TPSA) is 73.1 Å². The van der Waals surface area contributed by atoms with Gasteiger partial charge in [0.15, 0.2) is 0 Å². The summed E-state index contributed by atoms with van der Waals surface area (Å²) in [4.78, 5) is 11.4. The van der Waals surface area contributed by atoms with Crippen LogP contribution in [0, 0.1) is 22.7 Å². The van der Waals surface area contributed by atoms with Gasteiger partial charge < -0.3 is 10.4 Å². The lowest BCUT2D eigenvalue weighted by atomic mass is 9.63. The molecule has 72 valence electrons. The van der Waals surface area contributed by atoms with Crippen LogP contribution in [0.3, 0.4) is 0 Å². The quantitative estimate of drug-likeness (QED) is 0.647. The van der Waals surface area contributed by atoms with E-state index < -0.39 is 5.41 Å². The highest BCUT2D eigenvalue weighted by atomic mass is 16.3. The molecule has 0 saturated heterocycles. The molecule has 0 spiro atoms.